The first kappa shape index (κ1) is 16.5. The van der Waals surface area contributed by atoms with Crippen molar-refractivity contribution < 1.29 is 17.9 Å². The van der Waals surface area contributed by atoms with E-state index in [1.807, 2.05) is 6.92 Å². The van der Waals surface area contributed by atoms with Crippen molar-refractivity contribution in [3.63, 3.8) is 0 Å². The van der Waals surface area contributed by atoms with Crippen LogP contribution in [0.25, 0.3) is 0 Å². The van der Waals surface area contributed by atoms with Crippen molar-refractivity contribution in [1.82, 2.24) is 5.32 Å². The molecule has 1 heterocycles. The average molecular weight is 353 g/mol. The summed E-state index contributed by atoms with van der Waals surface area (Å²) in [6.45, 7) is 2.77. The first-order valence-corrected chi connectivity index (χ1v) is 8.35. The molecule has 1 saturated heterocycles. The standard InChI is InChI=1S/C12H14Cl2N2O4S/c1-12(2-3-20-6-12)16-11(17)7-4-10(21(15,18)19)9(14)5-8(7)13/h4-5H,2-3,6H2,1H3,(H,16,17)(H2,15,18,19). The number of sulfonamides is 1. The molecule has 1 amide bonds. The molecule has 0 radical (unpaired) electrons. The van der Waals surface area contributed by atoms with Crippen LogP contribution in [0.3, 0.4) is 0 Å². The molecule has 0 aromatic heterocycles. The van der Waals surface area contributed by atoms with Gasteiger partial charge in [-0.25, -0.2) is 13.6 Å². The summed E-state index contributed by atoms with van der Waals surface area (Å²) in [5.74, 6) is -0.505. The highest BCUT2D eigenvalue weighted by atomic mass is 35.5. The molecule has 1 atom stereocenters. The molecule has 21 heavy (non-hydrogen) atoms. The summed E-state index contributed by atoms with van der Waals surface area (Å²) in [5.41, 5.74) is -0.514. The van der Waals surface area contributed by atoms with E-state index in [0.29, 0.717) is 19.6 Å². The average Bonchev–Trinajstić information content (AvgIpc) is 2.73. The number of nitrogens with two attached hydrogens (primary N) is 1. The van der Waals surface area contributed by atoms with Gasteiger partial charge in [0.2, 0.25) is 10.0 Å². The lowest BCUT2D eigenvalue weighted by Gasteiger charge is -2.24. The molecular weight excluding hydrogens is 339 g/mol. The van der Waals surface area contributed by atoms with Crippen molar-refractivity contribution in [3.05, 3.63) is 27.7 Å². The number of halogens is 2. The SMILES string of the molecule is CC1(NC(=O)c2cc(S(N)(=O)=O)c(Cl)cc2Cl)CCOC1. The monoisotopic (exact) mass is 352 g/mol. The van der Waals surface area contributed by atoms with Crippen LogP contribution >= 0.6 is 23.2 Å². The van der Waals surface area contributed by atoms with E-state index in [4.69, 9.17) is 33.1 Å². The van der Waals surface area contributed by atoms with Crippen LogP contribution in [0.1, 0.15) is 23.7 Å². The van der Waals surface area contributed by atoms with Crippen molar-refractivity contribution >= 4 is 39.1 Å². The number of carbonyl (C=O) groups excluding carboxylic acids is 1. The number of primary sulfonamides is 1. The fourth-order valence-corrected chi connectivity index (χ4v) is 3.43. The Labute approximate surface area is 132 Å². The zero-order chi connectivity index (χ0) is 15.8. The summed E-state index contributed by atoms with van der Waals surface area (Å²) in [6.07, 6.45) is 0.659. The number of carbonyl (C=O) groups is 1. The number of ether oxygens (including phenoxy) is 1. The molecule has 1 aliphatic rings. The van der Waals surface area contributed by atoms with Gasteiger partial charge in [0, 0.05) is 6.61 Å². The third-order valence-corrected chi connectivity index (χ3v) is 4.90. The number of benzene rings is 1. The lowest BCUT2D eigenvalue weighted by atomic mass is 10.0. The van der Waals surface area contributed by atoms with E-state index in [1.54, 1.807) is 0 Å². The molecule has 0 spiro atoms. The van der Waals surface area contributed by atoms with E-state index < -0.39 is 21.5 Å². The molecule has 2 rings (SSSR count). The quantitative estimate of drug-likeness (QED) is 0.861. The summed E-state index contributed by atoms with van der Waals surface area (Å²) in [4.78, 5) is 11.9. The van der Waals surface area contributed by atoms with Crippen LogP contribution in [0.5, 0.6) is 0 Å². The van der Waals surface area contributed by atoms with Gasteiger partial charge in [-0.1, -0.05) is 23.2 Å². The Morgan fingerprint density at radius 3 is 2.57 bits per heavy atom. The maximum absolute atomic E-state index is 12.3. The predicted octanol–water partition coefficient (Wildman–Crippen LogP) is 1.55. The summed E-state index contributed by atoms with van der Waals surface area (Å²) in [5, 5.41) is 7.76. The van der Waals surface area contributed by atoms with Crippen LogP contribution in [0.15, 0.2) is 17.0 Å². The maximum Gasteiger partial charge on any atom is 0.253 e. The third-order valence-electron chi connectivity index (χ3n) is 3.21. The van der Waals surface area contributed by atoms with E-state index >= 15 is 0 Å². The Kier molecular flexibility index (Phi) is 4.51. The minimum Gasteiger partial charge on any atom is -0.379 e. The number of amides is 1. The van der Waals surface area contributed by atoms with Gasteiger partial charge in [0.1, 0.15) is 4.90 Å². The molecule has 1 fully saturated rings. The van der Waals surface area contributed by atoms with Crippen molar-refractivity contribution in [2.45, 2.75) is 23.8 Å². The second kappa shape index (κ2) is 5.73. The van der Waals surface area contributed by atoms with E-state index in [2.05, 4.69) is 5.32 Å². The Hall–Kier alpha value is -0.860. The first-order chi connectivity index (χ1) is 9.62. The van der Waals surface area contributed by atoms with Gasteiger partial charge in [0.25, 0.3) is 5.91 Å². The Morgan fingerprint density at radius 1 is 1.38 bits per heavy atom. The molecule has 0 bridgehead atoms. The molecule has 0 aliphatic carbocycles. The van der Waals surface area contributed by atoms with Crippen molar-refractivity contribution in [2.24, 2.45) is 5.14 Å². The molecule has 116 valence electrons. The van der Waals surface area contributed by atoms with Gasteiger partial charge in [-0.05, 0) is 25.5 Å². The normalized spacial score (nSPS) is 22.3. The van der Waals surface area contributed by atoms with Crippen LogP contribution in [0.2, 0.25) is 10.0 Å². The summed E-state index contributed by atoms with van der Waals surface area (Å²) < 4.78 is 28.1. The first-order valence-electron chi connectivity index (χ1n) is 6.04. The minimum atomic E-state index is -4.04. The van der Waals surface area contributed by atoms with E-state index in [-0.39, 0.29) is 20.5 Å². The lowest BCUT2D eigenvalue weighted by Crippen LogP contribution is -2.46. The van der Waals surface area contributed by atoms with Crippen LogP contribution in [-0.2, 0) is 14.8 Å². The second-order valence-corrected chi connectivity index (χ2v) is 7.47. The number of nitrogens with one attached hydrogen (secondary N) is 1. The molecule has 1 aromatic rings. The zero-order valence-electron chi connectivity index (χ0n) is 11.2. The summed E-state index contributed by atoms with van der Waals surface area (Å²) in [6, 6.07) is 2.26. The number of hydrogen-bond acceptors (Lipinski definition) is 4. The van der Waals surface area contributed by atoms with Gasteiger partial charge in [0.05, 0.1) is 27.8 Å². The summed E-state index contributed by atoms with van der Waals surface area (Å²) in [7, 11) is -4.04. The Bertz CT molecular complexity index is 685. The molecule has 1 aromatic carbocycles. The number of hydrogen-bond donors (Lipinski definition) is 2. The fourth-order valence-electron chi connectivity index (χ4n) is 2.03. The van der Waals surface area contributed by atoms with Gasteiger partial charge in [-0.3, -0.25) is 4.79 Å². The fraction of sp³-hybridized carbons (Fsp3) is 0.417. The Morgan fingerprint density at radius 2 is 2.05 bits per heavy atom. The van der Waals surface area contributed by atoms with Gasteiger partial charge < -0.3 is 10.1 Å². The highest BCUT2D eigenvalue weighted by Gasteiger charge is 2.32. The Balaban J connectivity index is 2.37. The van der Waals surface area contributed by atoms with E-state index in [0.717, 1.165) is 6.07 Å². The minimum absolute atomic E-state index is 0.00165. The maximum atomic E-state index is 12.3. The van der Waals surface area contributed by atoms with E-state index in [1.165, 1.54) is 6.07 Å². The third kappa shape index (κ3) is 3.67. The highest BCUT2D eigenvalue weighted by Crippen LogP contribution is 2.29. The van der Waals surface area contributed by atoms with Crippen LogP contribution in [-0.4, -0.2) is 33.1 Å². The molecule has 6 nitrogen and oxygen atoms in total. The smallest absolute Gasteiger partial charge is 0.253 e. The molecule has 1 aliphatic heterocycles. The van der Waals surface area contributed by atoms with Crippen molar-refractivity contribution in [2.75, 3.05) is 13.2 Å². The van der Waals surface area contributed by atoms with Crippen LogP contribution in [0, 0.1) is 0 Å². The van der Waals surface area contributed by atoms with Gasteiger partial charge in [0.15, 0.2) is 0 Å². The van der Waals surface area contributed by atoms with Crippen molar-refractivity contribution in [3.8, 4) is 0 Å². The van der Waals surface area contributed by atoms with Crippen molar-refractivity contribution in [1.29, 1.82) is 0 Å². The molecule has 9 heteroatoms. The molecule has 3 N–H and O–H groups in total. The zero-order valence-corrected chi connectivity index (χ0v) is 13.5. The van der Waals surface area contributed by atoms with Gasteiger partial charge >= 0.3 is 0 Å². The predicted molar refractivity (Wildman–Crippen MR) is 79.1 cm³/mol. The molecular formula is C12H14Cl2N2O4S. The van der Waals surface area contributed by atoms with Gasteiger partial charge in [-0.15, -0.1) is 0 Å². The largest absolute Gasteiger partial charge is 0.379 e. The number of rotatable bonds is 3. The van der Waals surface area contributed by atoms with Gasteiger partial charge in [-0.2, -0.15) is 0 Å². The second-order valence-electron chi connectivity index (χ2n) is 5.12. The highest BCUT2D eigenvalue weighted by molar-refractivity contribution is 7.89. The molecule has 0 saturated carbocycles. The summed E-state index contributed by atoms with van der Waals surface area (Å²) >= 11 is 11.8. The topological polar surface area (TPSA) is 98.5 Å². The lowest BCUT2D eigenvalue weighted by molar-refractivity contribution is 0.0890. The van der Waals surface area contributed by atoms with Crippen LogP contribution < -0.4 is 10.5 Å². The van der Waals surface area contributed by atoms with E-state index in [9.17, 15) is 13.2 Å². The van der Waals surface area contributed by atoms with Crippen LogP contribution in [0.4, 0.5) is 0 Å². The molecule has 1 unspecified atom stereocenters.